The Bertz CT molecular complexity index is 542. The van der Waals surface area contributed by atoms with E-state index in [4.69, 9.17) is 0 Å². The fraction of sp³-hybridized carbons (Fsp3) is 0.600. The molecule has 0 aliphatic heterocycles. The molecule has 17 heavy (non-hydrogen) atoms. The lowest BCUT2D eigenvalue weighted by atomic mass is 9.89. The van der Waals surface area contributed by atoms with Crippen molar-refractivity contribution in [3.63, 3.8) is 0 Å². The van der Waals surface area contributed by atoms with E-state index < -0.39 is 11.2 Å². The van der Waals surface area contributed by atoms with Crippen LogP contribution in [0.4, 0.5) is 0 Å². The first kappa shape index (κ1) is 12.2. The van der Waals surface area contributed by atoms with Crippen molar-refractivity contribution in [1.82, 2.24) is 14.8 Å². The van der Waals surface area contributed by atoms with E-state index in [1.54, 1.807) is 0 Å². The van der Waals surface area contributed by atoms with E-state index in [9.17, 15) is 14.4 Å². The van der Waals surface area contributed by atoms with E-state index in [1.807, 2.05) is 4.98 Å². The third-order valence-corrected chi connectivity index (χ3v) is 3.47. The van der Waals surface area contributed by atoms with Gasteiger partial charge in [0.1, 0.15) is 0 Å². The second-order valence-corrected chi connectivity index (χ2v) is 4.89. The number of aromatic amines is 1. The van der Waals surface area contributed by atoms with Gasteiger partial charge in [0, 0.05) is 5.92 Å². The first-order valence-electron chi connectivity index (χ1n) is 5.53. The lowest BCUT2D eigenvalue weighted by Crippen LogP contribution is -2.39. The van der Waals surface area contributed by atoms with Gasteiger partial charge in [-0.1, -0.05) is 19.3 Å². The molecule has 0 amide bonds. The van der Waals surface area contributed by atoms with E-state index in [2.05, 4.69) is 21.0 Å². The predicted molar refractivity (Wildman–Crippen MR) is 64.0 cm³/mol. The summed E-state index contributed by atoms with van der Waals surface area (Å²) >= 11 is 2.91. The van der Waals surface area contributed by atoms with Crippen molar-refractivity contribution in [1.29, 1.82) is 0 Å². The van der Waals surface area contributed by atoms with Gasteiger partial charge in [0.15, 0.2) is 4.60 Å². The molecule has 6 nitrogen and oxygen atoms in total. The summed E-state index contributed by atoms with van der Waals surface area (Å²) < 4.78 is 0.697. The highest BCUT2D eigenvalue weighted by Crippen LogP contribution is 2.24. The lowest BCUT2D eigenvalue weighted by Gasteiger charge is -2.19. The number of halogens is 1. The molecule has 1 aliphatic carbocycles. The van der Waals surface area contributed by atoms with Crippen molar-refractivity contribution in [2.45, 2.75) is 32.1 Å². The van der Waals surface area contributed by atoms with Gasteiger partial charge in [-0.3, -0.25) is 14.6 Å². The van der Waals surface area contributed by atoms with Crippen LogP contribution in [-0.4, -0.2) is 20.7 Å². The first-order valence-corrected chi connectivity index (χ1v) is 6.32. The minimum atomic E-state index is -0.770. The molecular weight excluding hydrogens is 290 g/mol. The molecule has 0 atom stereocenters. The van der Waals surface area contributed by atoms with Crippen molar-refractivity contribution >= 4 is 21.8 Å². The largest absolute Gasteiger partial charge is 0.352 e. The number of rotatable bonds is 1. The number of hydrogen-bond acceptors (Lipinski definition) is 4. The number of nitrogens with one attached hydrogen (secondary N) is 1. The molecular formula is C10H12BrN3O3. The molecule has 1 aliphatic rings. The van der Waals surface area contributed by atoms with E-state index in [0.29, 0.717) is 0 Å². The standard InChI is InChI=1S/C10H12BrN3O3/c11-7-8(15)12-10(17)14(13-7)9(16)6-4-2-1-3-5-6/h6H,1-5H2,(H,12,15,17). The maximum atomic E-state index is 12.0. The van der Waals surface area contributed by atoms with Gasteiger partial charge in [-0.05, 0) is 28.8 Å². The summed E-state index contributed by atoms with van der Waals surface area (Å²) in [5, 5.41) is 3.67. The van der Waals surface area contributed by atoms with Gasteiger partial charge in [0.2, 0.25) is 0 Å². The van der Waals surface area contributed by atoms with Crippen LogP contribution in [0.3, 0.4) is 0 Å². The van der Waals surface area contributed by atoms with Gasteiger partial charge in [0.05, 0.1) is 0 Å². The smallest absolute Gasteiger partial charge is 0.272 e. The molecule has 1 N–H and O–H groups in total. The van der Waals surface area contributed by atoms with E-state index in [1.165, 1.54) is 0 Å². The van der Waals surface area contributed by atoms with Crippen LogP contribution in [0.25, 0.3) is 0 Å². The maximum absolute atomic E-state index is 12.0. The van der Waals surface area contributed by atoms with Crippen molar-refractivity contribution in [3.8, 4) is 0 Å². The average molecular weight is 302 g/mol. The van der Waals surface area contributed by atoms with Crippen LogP contribution < -0.4 is 11.2 Å². The normalized spacial score (nSPS) is 17.0. The van der Waals surface area contributed by atoms with E-state index >= 15 is 0 Å². The fourth-order valence-corrected chi connectivity index (χ4v) is 2.31. The van der Waals surface area contributed by atoms with Crippen LogP contribution in [-0.2, 0) is 0 Å². The zero-order valence-corrected chi connectivity index (χ0v) is 10.7. The van der Waals surface area contributed by atoms with Gasteiger partial charge in [-0.25, -0.2) is 4.79 Å². The number of carbonyl (C=O) groups is 1. The van der Waals surface area contributed by atoms with Crippen LogP contribution in [0, 0.1) is 5.92 Å². The van der Waals surface area contributed by atoms with Gasteiger partial charge >= 0.3 is 5.69 Å². The summed E-state index contributed by atoms with van der Waals surface area (Å²) in [7, 11) is 0. The molecule has 0 aromatic carbocycles. The van der Waals surface area contributed by atoms with Gasteiger partial charge in [-0.15, -0.1) is 9.78 Å². The predicted octanol–water partition coefficient (Wildman–Crippen LogP) is 0.915. The molecule has 1 aromatic heterocycles. The maximum Gasteiger partial charge on any atom is 0.352 e. The molecule has 1 heterocycles. The molecule has 0 radical (unpaired) electrons. The summed E-state index contributed by atoms with van der Waals surface area (Å²) in [6.45, 7) is 0. The van der Waals surface area contributed by atoms with E-state index in [0.717, 1.165) is 36.8 Å². The molecule has 92 valence electrons. The number of hydrogen-bond donors (Lipinski definition) is 1. The average Bonchev–Trinajstić information content (AvgIpc) is 2.34. The van der Waals surface area contributed by atoms with Crippen molar-refractivity contribution < 1.29 is 4.79 Å². The molecule has 1 fully saturated rings. The molecule has 0 unspecified atom stereocenters. The van der Waals surface area contributed by atoms with Crippen LogP contribution in [0.2, 0.25) is 0 Å². The monoisotopic (exact) mass is 301 g/mol. The number of nitrogens with zero attached hydrogens (tertiary/aromatic N) is 2. The van der Waals surface area contributed by atoms with Crippen molar-refractivity contribution in [3.05, 3.63) is 25.4 Å². The van der Waals surface area contributed by atoms with Gasteiger partial charge in [0.25, 0.3) is 11.5 Å². The van der Waals surface area contributed by atoms with Crippen molar-refractivity contribution in [2.24, 2.45) is 5.92 Å². The van der Waals surface area contributed by atoms with Crippen LogP contribution in [0.15, 0.2) is 14.2 Å². The quantitative estimate of drug-likeness (QED) is 0.835. The molecule has 7 heteroatoms. The Morgan fingerprint density at radius 3 is 2.59 bits per heavy atom. The van der Waals surface area contributed by atoms with E-state index in [-0.39, 0.29) is 16.4 Å². The molecule has 0 bridgehead atoms. The molecule has 0 spiro atoms. The van der Waals surface area contributed by atoms with Gasteiger partial charge < -0.3 is 0 Å². The molecule has 2 rings (SSSR count). The molecule has 1 aromatic rings. The highest BCUT2D eigenvalue weighted by molar-refractivity contribution is 9.10. The Kier molecular flexibility index (Phi) is 3.56. The first-order chi connectivity index (χ1) is 8.09. The molecule has 0 saturated heterocycles. The van der Waals surface area contributed by atoms with Crippen LogP contribution in [0.1, 0.15) is 36.9 Å². The minimum absolute atomic E-state index is 0.0544. The number of H-pyrrole nitrogens is 1. The third kappa shape index (κ3) is 2.54. The summed E-state index contributed by atoms with van der Waals surface area (Å²) in [6, 6.07) is 0. The Hall–Kier alpha value is -1.24. The van der Waals surface area contributed by atoms with Crippen molar-refractivity contribution in [2.75, 3.05) is 0 Å². The summed E-state index contributed by atoms with van der Waals surface area (Å²) in [5.74, 6) is -0.488. The lowest BCUT2D eigenvalue weighted by molar-refractivity contribution is 0.0773. The molecule has 1 saturated carbocycles. The van der Waals surface area contributed by atoms with Crippen LogP contribution in [0.5, 0.6) is 0 Å². The summed E-state index contributed by atoms with van der Waals surface area (Å²) in [6.07, 6.45) is 4.68. The fourth-order valence-electron chi connectivity index (χ4n) is 2.05. The highest BCUT2D eigenvalue weighted by atomic mass is 79.9. The summed E-state index contributed by atoms with van der Waals surface area (Å²) in [5.41, 5.74) is -1.39. The SMILES string of the molecule is O=C(C1CCCCC1)n1nc(Br)c(=O)[nH]c1=O. The Morgan fingerprint density at radius 2 is 1.94 bits per heavy atom. The second-order valence-electron chi connectivity index (χ2n) is 4.14. The summed E-state index contributed by atoms with van der Waals surface area (Å²) in [4.78, 5) is 36.7. The Balaban J connectivity index is 2.33. The third-order valence-electron chi connectivity index (χ3n) is 2.95. The highest BCUT2D eigenvalue weighted by Gasteiger charge is 2.24. The Labute approximate surface area is 105 Å². The van der Waals surface area contributed by atoms with Gasteiger partial charge in [-0.2, -0.15) is 0 Å². The second kappa shape index (κ2) is 4.95. The zero-order chi connectivity index (χ0) is 12.4. The topological polar surface area (TPSA) is 84.8 Å². The zero-order valence-electron chi connectivity index (χ0n) is 9.11. The number of aromatic nitrogens is 3. The minimum Gasteiger partial charge on any atom is -0.272 e. The van der Waals surface area contributed by atoms with Crippen LogP contribution >= 0.6 is 15.9 Å². The Morgan fingerprint density at radius 1 is 1.29 bits per heavy atom. The number of carbonyl (C=O) groups excluding carboxylic acids is 1.